The Kier molecular flexibility index (Phi) is 12.7. The van der Waals surface area contributed by atoms with Crippen LogP contribution < -0.4 is 20.1 Å². The molecule has 0 saturated carbocycles. The molecule has 2 aromatic rings. The standard InChI is InChI=1S/C25H34N4O3.HI/c1-3-14-32-24-10-5-4-8-22(24)20-28-25(26-2)27-19-21-7-6-9-23(18-21)31-17-13-29-11-15-30-16-12-29;/h3-10,18H,1,11-17,19-20H2,2H3,(H2,26,27,28);1H. The molecule has 2 aromatic carbocycles. The fraction of sp³-hybridized carbons (Fsp3) is 0.400. The van der Waals surface area contributed by atoms with Crippen molar-refractivity contribution in [1.82, 2.24) is 15.5 Å². The molecular formula is C25H35IN4O3. The number of aliphatic imine (C=N–C) groups is 1. The van der Waals surface area contributed by atoms with Crippen LogP contribution in [-0.4, -0.2) is 64.0 Å². The summed E-state index contributed by atoms with van der Waals surface area (Å²) in [6.07, 6.45) is 1.74. The summed E-state index contributed by atoms with van der Waals surface area (Å²) in [5.74, 6) is 2.45. The van der Waals surface area contributed by atoms with Crippen molar-refractivity contribution >= 4 is 29.9 Å². The highest BCUT2D eigenvalue weighted by Crippen LogP contribution is 2.17. The number of morpholine rings is 1. The lowest BCUT2D eigenvalue weighted by Gasteiger charge is -2.26. The number of para-hydroxylation sites is 1. The maximum atomic E-state index is 5.96. The molecule has 0 spiro atoms. The molecule has 1 aliphatic heterocycles. The molecule has 1 fully saturated rings. The summed E-state index contributed by atoms with van der Waals surface area (Å²) in [6.45, 7) is 10.6. The first kappa shape index (κ1) is 26.9. The molecule has 0 aliphatic carbocycles. The van der Waals surface area contributed by atoms with Crippen molar-refractivity contribution in [2.45, 2.75) is 13.1 Å². The van der Waals surface area contributed by atoms with Crippen molar-refractivity contribution in [3.63, 3.8) is 0 Å². The molecule has 1 heterocycles. The van der Waals surface area contributed by atoms with Crippen LogP contribution in [0, 0.1) is 0 Å². The summed E-state index contributed by atoms with van der Waals surface area (Å²) in [5.41, 5.74) is 2.19. The van der Waals surface area contributed by atoms with E-state index in [2.05, 4.69) is 39.2 Å². The Bertz CT molecular complexity index is 872. The van der Waals surface area contributed by atoms with Crippen LogP contribution in [0.15, 0.2) is 66.2 Å². The van der Waals surface area contributed by atoms with Crippen LogP contribution in [0.4, 0.5) is 0 Å². The maximum Gasteiger partial charge on any atom is 0.191 e. The topological polar surface area (TPSA) is 67.3 Å². The number of nitrogens with one attached hydrogen (secondary N) is 2. The smallest absolute Gasteiger partial charge is 0.191 e. The number of guanidine groups is 1. The highest BCUT2D eigenvalue weighted by atomic mass is 127. The molecule has 33 heavy (non-hydrogen) atoms. The molecule has 0 amide bonds. The van der Waals surface area contributed by atoms with Gasteiger partial charge in [-0.3, -0.25) is 9.89 Å². The van der Waals surface area contributed by atoms with E-state index in [9.17, 15) is 0 Å². The van der Waals surface area contributed by atoms with E-state index in [0.717, 1.165) is 61.4 Å². The van der Waals surface area contributed by atoms with Crippen LogP contribution in [-0.2, 0) is 17.8 Å². The van der Waals surface area contributed by atoms with Crippen LogP contribution in [0.25, 0.3) is 0 Å². The minimum absolute atomic E-state index is 0. The monoisotopic (exact) mass is 566 g/mol. The van der Waals surface area contributed by atoms with Crippen molar-refractivity contribution in [3.8, 4) is 11.5 Å². The highest BCUT2D eigenvalue weighted by Gasteiger charge is 2.10. The van der Waals surface area contributed by atoms with Gasteiger partial charge in [-0.2, -0.15) is 0 Å². The first-order chi connectivity index (χ1) is 15.8. The van der Waals surface area contributed by atoms with Gasteiger partial charge in [0.2, 0.25) is 0 Å². The van der Waals surface area contributed by atoms with Crippen molar-refractivity contribution in [2.75, 3.05) is 53.1 Å². The number of benzene rings is 2. The van der Waals surface area contributed by atoms with Crippen LogP contribution in [0.3, 0.4) is 0 Å². The molecule has 180 valence electrons. The molecule has 7 nitrogen and oxygen atoms in total. The summed E-state index contributed by atoms with van der Waals surface area (Å²) in [6, 6.07) is 16.1. The third-order valence-corrected chi connectivity index (χ3v) is 5.14. The third-order valence-electron chi connectivity index (χ3n) is 5.14. The lowest BCUT2D eigenvalue weighted by molar-refractivity contribution is 0.0322. The number of hydrogen-bond acceptors (Lipinski definition) is 5. The summed E-state index contributed by atoms with van der Waals surface area (Å²) in [7, 11) is 1.76. The number of rotatable bonds is 11. The van der Waals surface area contributed by atoms with Gasteiger partial charge in [0.05, 0.1) is 13.2 Å². The Hall–Kier alpha value is -2.30. The summed E-state index contributed by atoms with van der Waals surface area (Å²) in [5, 5.41) is 6.70. The van der Waals surface area contributed by atoms with Crippen LogP contribution in [0.1, 0.15) is 11.1 Å². The van der Waals surface area contributed by atoms with E-state index in [4.69, 9.17) is 14.2 Å². The first-order valence-electron chi connectivity index (χ1n) is 11.1. The Morgan fingerprint density at radius 3 is 2.67 bits per heavy atom. The van der Waals surface area contributed by atoms with Crippen LogP contribution in [0.5, 0.6) is 11.5 Å². The van der Waals surface area contributed by atoms with Gasteiger partial charge in [0, 0.05) is 45.3 Å². The molecule has 0 atom stereocenters. The molecule has 0 unspecified atom stereocenters. The van der Waals surface area contributed by atoms with Crippen molar-refractivity contribution < 1.29 is 14.2 Å². The highest BCUT2D eigenvalue weighted by molar-refractivity contribution is 14.0. The third kappa shape index (κ3) is 9.61. The fourth-order valence-electron chi connectivity index (χ4n) is 3.39. The molecule has 1 saturated heterocycles. The van der Waals surface area contributed by atoms with Gasteiger partial charge >= 0.3 is 0 Å². The van der Waals surface area contributed by atoms with Gasteiger partial charge in [-0.05, 0) is 23.8 Å². The lowest BCUT2D eigenvalue weighted by atomic mass is 10.2. The largest absolute Gasteiger partial charge is 0.492 e. The average Bonchev–Trinajstić information content (AvgIpc) is 2.84. The van der Waals surface area contributed by atoms with Gasteiger partial charge in [-0.1, -0.05) is 43.0 Å². The Morgan fingerprint density at radius 2 is 1.88 bits per heavy atom. The van der Waals surface area contributed by atoms with Gasteiger partial charge in [-0.25, -0.2) is 0 Å². The van der Waals surface area contributed by atoms with E-state index in [0.29, 0.717) is 26.3 Å². The second kappa shape index (κ2) is 15.5. The predicted octanol–water partition coefficient (Wildman–Crippen LogP) is 3.45. The summed E-state index contributed by atoms with van der Waals surface area (Å²) < 4.78 is 17.1. The van der Waals surface area contributed by atoms with Gasteiger partial charge in [-0.15, -0.1) is 24.0 Å². The molecule has 8 heteroatoms. The molecule has 0 bridgehead atoms. The minimum atomic E-state index is 0. The Labute approximate surface area is 214 Å². The SMILES string of the molecule is C=CCOc1ccccc1CNC(=NC)NCc1cccc(OCCN2CCOCC2)c1.I. The summed E-state index contributed by atoms with van der Waals surface area (Å²) >= 11 is 0. The molecule has 2 N–H and O–H groups in total. The van der Waals surface area contributed by atoms with Crippen LogP contribution in [0.2, 0.25) is 0 Å². The predicted molar refractivity (Wildman–Crippen MR) is 144 cm³/mol. The van der Waals surface area contributed by atoms with Gasteiger partial charge in [0.25, 0.3) is 0 Å². The number of nitrogens with zero attached hydrogens (tertiary/aromatic N) is 2. The molecule has 3 rings (SSSR count). The number of halogens is 1. The van der Waals surface area contributed by atoms with Gasteiger partial charge in [0.15, 0.2) is 5.96 Å². The second-order valence-electron chi connectivity index (χ2n) is 7.44. The quantitative estimate of drug-likeness (QED) is 0.188. The minimum Gasteiger partial charge on any atom is -0.492 e. The van der Waals surface area contributed by atoms with Crippen molar-refractivity contribution in [3.05, 3.63) is 72.3 Å². The summed E-state index contributed by atoms with van der Waals surface area (Å²) in [4.78, 5) is 6.69. The van der Waals surface area contributed by atoms with E-state index in [-0.39, 0.29) is 24.0 Å². The molecule has 0 aromatic heterocycles. The number of ether oxygens (including phenoxy) is 3. The van der Waals surface area contributed by atoms with Crippen molar-refractivity contribution in [1.29, 1.82) is 0 Å². The average molecular weight is 566 g/mol. The first-order valence-corrected chi connectivity index (χ1v) is 11.1. The number of hydrogen-bond donors (Lipinski definition) is 2. The molecule has 0 radical (unpaired) electrons. The second-order valence-corrected chi connectivity index (χ2v) is 7.44. The normalized spacial score (nSPS) is 14.2. The van der Waals surface area contributed by atoms with Crippen molar-refractivity contribution in [2.24, 2.45) is 4.99 Å². The van der Waals surface area contributed by atoms with Crippen LogP contribution >= 0.6 is 24.0 Å². The Balaban J connectivity index is 0.00000385. The van der Waals surface area contributed by atoms with E-state index >= 15 is 0 Å². The maximum absolute atomic E-state index is 5.96. The van der Waals surface area contributed by atoms with E-state index in [1.807, 2.05) is 36.4 Å². The fourth-order valence-corrected chi connectivity index (χ4v) is 3.39. The zero-order valence-electron chi connectivity index (χ0n) is 19.3. The van der Waals surface area contributed by atoms with Gasteiger partial charge in [0.1, 0.15) is 24.7 Å². The van der Waals surface area contributed by atoms with E-state index < -0.39 is 0 Å². The van der Waals surface area contributed by atoms with Gasteiger partial charge < -0.3 is 24.8 Å². The molecular weight excluding hydrogens is 531 g/mol. The van der Waals surface area contributed by atoms with E-state index in [1.165, 1.54) is 0 Å². The Morgan fingerprint density at radius 1 is 1.09 bits per heavy atom. The lowest BCUT2D eigenvalue weighted by Crippen LogP contribution is -2.38. The molecule has 1 aliphatic rings. The van der Waals surface area contributed by atoms with E-state index in [1.54, 1.807) is 13.1 Å². The zero-order chi connectivity index (χ0) is 22.4. The zero-order valence-corrected chi connectivity index (χ0v) is 21.6.